The average Bonchev–Trinajstić information content (AvgIpc) is 3.02. The Bertz CT molecular complexity index is 1310. The average molecular weight is 439 g/mol. The monoisotopic (exact) mass is 438 g/mol. The maximum Gasteiger partial charge on any atom is 0.254 e. The molecular weight excluding hydrogens is 408 g/mol. The number of nitrogens with zero attached hydrogens (tertiary/aromatic N) is 4. The highest BCUT2D eigenvalue weighted by atomic mass is 16.2. The number of fused-ring (bicyclic) bond motifs is 1. The first-order valence-corrected chi connectivity index (χ1v) is 11.8. The van der Waals surface area contributed by atoms with Crippen LogP contribution in [-0.4, -0.2) is 38.7 Å². The lowest BCUT2D eigenvalue weighted by Crippen LogP contribution is -2.32. The van der Waals surface area contributed by atoms with Gasteiger partial charge in [-0.2, -0.15) is 5.10 Å². The SMILES string of the molecule is Cc1ccc(-n2ncc(-c3cc(C(=O)N4CCCCCC4)c4cc(C)ccc4n3)c2C)cc1. The van der Waals surface area contributed by atoms with E-state index in [-0.39, 0.29) is 5.91 Å². The van der Waals surface area contributed by atoms with Crippen molar-refractivity contribution in [3.63, 3.8) is 0 Å². The molecule has 2 aromatic heterocycles. The molecule has 1 amide bonds. The van der Waals surface area contributed by atoms with Crippen LogP contribution < -0.4 is 0 Å². The van der Waals surface area contributed by atoms with E-state index < -0.39 is 0 Å². The molecule has 33 heavy (non-hydrogen) atoms. The Hall–Kier alpha value is -3.47. The third-order valence-electron chi connectivity index (χ3n) is 6.65. The second-order valence-electron chi connectivity index (χ2n) is 9.17. The van der Waals surface area contributed by atoms with Crippen molar-refractivity contribution >= 4 is 16.8 Å². The Morgan fingerprint density at radius 1 is 0.848 bits per heavy atom. The van der Waals surface area contributed by atoms with Crippen LogP contribution in [0, 0.1) is 20.8 Å². The Morgan fingerprint density at radius 3 is 2.27 bits per heavy atom. The summed E-state index contributed by atoms with van der Waals surface area (Å²) >= 11 is 0. The van der Waals surface area contributed by atoms with Crippen molar-refractivity contribution in [2.45, 2.75) is 46.5 Å². The molecule has 0 spiro atoms. The summed E-state index contributed by atoms with van der Waals surface area (Å²) in [5.41, 5.74) is 7.69. The number of hydrogen-bond acceptors (Lipinski definition) is 3. The van der Waals surface area contributed by atoms with Gasteiger partial charge in [0.05, 0.1) is 34.4 Å². The standard InChI is InChI=1S/C28H30N4O/c1-19-8-11-22(12-9-19)32-21(3)25(18-29-32)27-17-24(23-16-20(2)10-13-26(23)30-27)28(33)31-14-6-4-5-7-15-31/h8-13,16-18H,4-7,14-15H2,1-3H3. The van der Waals surface area contributed by atoms with E-state index in [1.807, 2.05) is 27.9 Å². The molecule has 0 radical (unpaired) electrons. The van der Waals surface area contributed by atoms with E-state index in [1.165, 1.54) is 18.4 Å². The van der Waals surface area contributed by atoms with E-state index in [2.05, 4.69) is 62.3 Å². The third-order valence-corrected chi connectivity index (χ3v) is 6.65. The Labute approximate surface area is 195 Å². The second-order valence-corrected chi connectivity index (χ2v) is 9.17. The fraction of sp³-hybridized carbons (Fsp3) is 0.321. The zero-order valence-corrected chi connectivity index (χ0v) is 19.6. The van der Waals surface area contributed by atoms with Crippen molar-refractivity contribution in [2.75, 3.05) is 13.1 Å². The lowest BCUT2D eigenvalue weighted by atomic mass is 10.0. The van der Waals surface area contributed by atoms with Crippen molar-refractivity contribution in [1.29, 1.82) is 0 Å². The summed E-state index contributed by atoms with van der Waals surface area (Å²) in [5.74, 6) is 0.111. The van der Waals surface area contributed by atoms with Crippen LogP contribution in [0.5, 0.6) is 0 Å². The second kappa shape index (κ2) is 8.81. The minimum atomic E-state index is 0.111. The van der Waals surface area contributed by atoms with Gasteiger partial charge >= 0.3 is 0 Å². The molecule has 2 aromatic carbocycles. The largest absolute Gasteiger partial charge is 0.339 e. The van der Waals surface area contributed by atoms with Gasteiger partial charge in [0.25, 0.3) is 5.91 Å². The van der Waals surface area contributed by atoms with Crippen molar-refractivity contribution in [1.82, 2.24) is 19.7 Å². The first-order chi connectivity index (χ1) is 16.0. The highest BCUT2D eigenvalue weighted by Crippen LogP contribution is 2.30. The number of carbonyl (C=O) groups excluding carboxylic acids is 1. The number of hydrogen-bond donors (Lipinski definition) is 0. The Morgan fingerprint density at radius 2 is 1.55 bits per heavy atom. The fourth-order valence-electron chi connectivity index (χ4n) is 4.71. The van der Waals surface area contributed by atoms with Crippen molar-refractivity contribution in [3.05, 3.63) is 77.1 Å². The molecule has 5 rings (SSSR count). The zero-order chi connectivity index (χ0) is 22.9. The summed E-state index contributed by atoms with van der Waals surface area (Å²) in [4.78, 5) is 20.7. The Balaban J connectivity index is 1.62. The predicted molar refractivity (Wildman–Crippen MR) is 133 cm³/mol. The zero-order valence-electron chi connectivity index (χ0n) is 19.6. The van der Waals surface area contributed by atoms with Gasteiger partial charge in [0.1, 0.15) is 0 Å². The fourth-order valence-corrected chi connectivity index (χ4v) is 4.71. The maximum atomic E-state index is 13.7. The molecular formula is C28H30N4O. The van der Waals surface area contributed by atoms with Crippen LogP contribution in [0.2, 0.25) is 0 Å². The first kappa shape index (κ1) is 21.4. The number of aryl methyl sites for hydroxylation is 2. The number of amides is 1. The molecule has 5 nitrogen and oxygen atoms in total. The van der Waals surface area contributed by atoms with E-state index in [0.29, 0.717) is 0 Å². The van der Waals surface area contributed by atoms with Gasteiger partial charge in [-0.25, -0.2) is 9.67 Å². The molecule has 0 bridgehead atoms. The van der Waals surface area contributed by atoms with Gasteiger partial charge in [-0.3, -0.25) is 4.79 Å². The van der Waals surface area contributed by atoms with Crippen molar-refractivity contribution < 1.29 is 4.79 Å². The summed E-state index contributed by atoms with van der Waals surface area (Å²) in [5, 5.41) is 5.57. The number of likely N-dealkylation sites (tertiary alicyclic amines) is 1. The maximum absolute atomic E-state index is 13.7. The van der Waals surface area contributed by atoms with Crippen LogP contribution in [0.15, 0.2) is 54.7 Å². The van der Waals surface area contributed by atoms with E-state index in [1.54, 1.807) is 0 Å². The lowest BCUT2D eigenvalue weighted by molar-refractivity contribution is 0.0763. The van der Waals surface area contributed by atoms with E-state index in [4.69, 9.17) is 4.98 Å². The van der Waals surface area contributed by atoms with Crippen LogP contribution in [0.4, 0.5) is 0 Å². The van der Waals surface area contributed by atoms with Gasteiger partial charge in [-0.15, -0.1) is 0 Å². The third kappa shape index (κ3) is 4.15. The van der Waals surface area contributed by atoms with Crippen LogP contribution in [-0.2, 0) is 0 Å². The number of pyridine rings is 1. The molecule has 3 heterocycles. The summed E-state index contributed by atoms with van der Waals surface area (Å²) in [6.45, 7) is 7.85. The van der Waals surface area contributed by atoms with Gasteiger partial charge in [0.15, 0.2) is 0 Å². The highest BCUT2D eigenvalue weighted by molar-refractivity contribution is 6.07. The molecule has 1 saturated heterocycles. The molecule has 0 unspecified atom stereocenters. The number of rotatable bonds is 3. The molecule has 5 heteroatoms. The summed E-state index contributed by atoms with van der Waals surface area (Å²) in [6, 6.07) is 16.5. The van der Waals surface area contributed by atoms with Gasteiger partial charge in [0.2, 0.25) is 0 Å². The predicted octanol–water partition coefficient (Wildman–Crippen LogP) is 6.03. The van der Waals surface area contributed by atoms with Gasteiger partial charge in [0, 0.05) is 24.0 Å². The topological polar surface area (TPSA) is 51.0 Å². The van der Waals surface area contributed by atoms with Crippen LogP contribution in [0.25, 0.3) is 27.8 Å². The summed E-state index contributed by atoms with van der Waals surface area (Å²) in [6.07, 6.45) is 6.40. The minimum Gasteiger partial charge on any atom is -0.339 e. The number of carbonyl (C=O) groups is 1. The Kier molecular flexibility index (Phi) is 5.71. The van der Waals surface area contributed by atoms with Gasteiger partial charge in [-0.1, -0.05) is 42.2 Å². The van der Waals surface area contributed by atoms with Crippen molar-refractivity contribution in [3.8, 4) is 16.9 Å². The normalized spacial score (nSPS) is 14.5. The van der Waals surface area contributed by atoms with Gasteiger partial charge < -0.3 is 4.90 Å². The molecule has 1 aliphatic rings. The number of aromatic nitrogens is 3. The molecule has 0 saturated carbocycles. The van der Waals surface area contributed by atoms with Crippen LogP contribution >= 0.6 is 0 Å². The molecule has 0 N–H and O–H groups in total. The quantitative estimate of drug-likeness (QED) is 0.392. The van der Waals surface area contributed by atoms with E-state index >= 15 is 0 Å². The lowest BCUT2D eigenvalue weighted by Gasteiger charge is -2.21. The summed E-state index contributed by atoms with van der Waals surface area (Å²) in [7, 11) is 0. The smallest absolute Gasteiger partial charge is 0.254 e. The molecule has 1 aliphatic heterocycles. The van der Waals surface area contributed by atoms with Crippen molar-refractivity contribution in [2.24, 2.45) is 0 Å². The first-order valence-electron chi connectivity index (χ1n) is 11.8. The van der Waals surface area contributed by atoms with Crippen LogP contribution in [0.3, 0.4) is 0 Å². The molecule has 168 valence electrons. The van der Waals surface area contributed by atoms with Crippen LogP contribution in [0.1, 0.15) is 52.9 Å². The van der Waals surface area contributed by atoms with Gasteiger partial charge in [-0.05, 0) is 63.9 Å². The molecule has 4 aromatic rings. The molecule has 1 fully saturated rings. The number of benzene rings is 2. The minimum absolute atomic E-state index is 0.111. The summed E-state index contributed by atoms with van der Waals surface area (Å²) < 4.78 is 1.94. The molecule has 0 atom stereocenters. The molecule has 0 aliphatic carbocycles. The van der Waals surface area contributed by atoms with E-state index in [9.17, 15) is 4.79 Å². The highest BCUT2D eigenvalue weighted by Gasteiger charge is 2.22. The van der Waals surface area contributed by atoms with E-state index in [0.717, 1.165) is 70.6 Å².